The van der Waals surface area contributed by atoms with E-state index in [0.717, 1.165) is 11.3 Å². The minimum Gasteiger partial charge on any atom is -0.350 e. The highest BCUT2D eigenvalue weighted by Gasteiger charge is 2.38. The highest BCUT2D eigenvalue weighted by Crippen LogP contribution is 2.30. The molecule has 32 heavy (non-hydrogen) atoms. The summed E-state index contributed by atoms with van der Waals surface area (Å²) in [4.78, 5) is 38.8. The van der Waals surface area contributed by atoms with Crippen molar-refractivity contribution in [1.29, 1.82) is 0 Å². The summed E-state index contributed by atoms with van der Waals surface area (Å²) >= 11 is 6.15. The zero-order chi connectivity index (χ0) is 22.7. The third-order valence-corrected chi connectivity index (χ3v) is 5.43. The minimum atomic E-state index is -0.588. The topological polar surface area (TPSA) is 78.5 Å². The van der Waals surface area contributed by atoms with Crippen molar-refractivity contribution in [3.05, 3.63) is 101 Å². The molecule has 0 radical (unpaired) electrons. The summed E-state index contributed by atoms with van der Waals surface area (Å²) in [5.74, 6) is -1.38. The van der Waals surface area contributed by atoms with E-state index in [-0.39, 0.29) is 16.6 Å². The van der Waals surface area contributed by atoms with Gasteiger partial charge in [-0.1, -0.05) is 48.9 Å². The van der Waals surface area contributed by atoms with Crippen LogP contribution in [-0.2, 0) is 16.0 Å². The van der Waals surface area contributed by atoms with E-state index in [4.69, 9.17) is 11.6 Å². The van der Waals surface area contributed by atoms with Crippen molar-refractivity contribution in [3.8, 4) is 0 Å². The van der Waals surface area contributed by atoms with Crippen molar-refractivity contribution in [1.82, 2.24) is 0 Å². The molecule has 0 fully saturated rings. The fourth-order valence-corrected chi connectivity index (χ4v) is 3.51. The maximum atomic E-state index is 12.8. The van der Waals surface area contributed by atoms with Gasteiger partial charge in [-0.25, -0.2) is 4.90 Å². The van der Waals surface area contributed by atoms with Gasteiger partial charge in [0, 0.05) is 16.9 Å². The first-order valence-corrected chi connectivity index (χ1v) is 10.5. The lowest BCUT2D eigenvalue weighted by Gasteiger charge is -2.15. The Bertz CT molecular complexity index is 1200. The lowest BCUT2D eigenvalue weighted by atomic mass is 10.1. The average molecular weight is 446 g/mol. The molecule has 0 aliphatic carbocycles. The molecule has 0 bridgehead atoms. The molecule has 0 atom stereocenters. The normalized spacial score (nSPS) is 13.5. The van der Waals surface area contributed by atoms with Crippen LogP contribution in [0.1, 0.15) is 22.8 Å². The van der Waals surface area contributed by atoms with Crippen LogP contribution in [0.25, 0.3) is 0 Å². The van der Waals surface area contributed by atoms with Crippen molar-refractivity contribution >= 4 is 46.4 Å². The standard InChI is InChI=1S/C25H20ClN3O3/c1-2-16-8-12-19(13-9-16)28-23(30)17-10-14-18(15-11-17)27-22-21(26)24(31)29(25(22)32)20-6-4-3-5-7-20/h3-15,27H,2H2,1H3,(H,28,30). The Morgan fingerprint density at radius 3 is 2.09 bits per heavy atom. The molecule has 0 saturated carbocycles. The Morgan fingerprint density at radius 1 is 0.844 bits per heavy atom. The van der Waals surface area contributed by atoms with Crippen LogP contribution in [-0.4, -0.2) is 17.7 Å². The quantitative estimate of drug-likeness (QED) is 0.527. The molecular formula is C25H20ClN3O3. The Hall–Kier alpha value is -3.90. The van der Waals surface area contributed by atoms with E-state index in [9.17, 15) is 14.4 Å². The maximum absolute atomic E-state index is 12.8. The second kappa shape index (κ2) is 9.08. The van der Waals surface area contributed by atoms with Crippen molar-refractivity contribution in [2.75, 3.05) is 15.5 Å². The molecule has 2 N–H and O–H groups in total. The van der Waals surface area contributed by atoms with Gasteiger partial charge in [0.25, 0.3) is 17.7 Å². The molecule has 1 aliphatic heterocycles. The van der Waals surface area contributed by atoms with E-state index in [0.29, 0.717) is 22.6 Å². The Labute approximate surface area is 190 Å². The summed E-state index contributed by atoms with van der Waals surface area (Å²) in [6.07, 6.45) is 0.931. The van der Waals surface area contributed by atoms with E-state index in [1.165, 1.54) is 5.56 Å². The molecule has 0 spiro atoms. The van der Waals surface area contributed by atoms with E-state index >= 15 is 0 Å². The zero-order valence-corrected chi connectivity index (χ0v) is 18.0. The third-order valence-electron chi connectivity index (χ3n) is 5.08. The van der Waals surface area contributed by atoms with E-state index in [2.05, 4.69) is 17.6 Å². The summed E-state index contributed by atoms with van der Waals surface area (Å²) in [7, 11) is 0. The summed E-state index contributed by atoms with van der Waals surface area (Å²) in [6.45, 7) is 2.07. The molecule has 4 rings (SSSR count). The van der Waals surface area contributed by atoms with Gasteiger partial charge in [-0.15, -0.1) is 0 Å². The van der Waals surface area contributed by atoms with E-state index < -0.39 is 11.8 Å². The fraction of sp³-hybridized carbons (Fsp3) is 0.0800. The Kier molecular flexibility index (Phi) is 6.05. The molecule has 3 aromatic rings. The first kappa shape index (κ1) is 21.3. The number of nitrogens with zero attached hydrogens (tertiary/aromatic N) is 1. The molecule has 0 aromatic heterocycles. The number of aryl methyl sites for hydroxylation is 1. The van der Waals surface area contributed by atoms with Gasteiger partial charge in [0.2, 0.25) is 0 Å². The molecule has 1 aliphatic rings. The van der Waals surface area contributed by atoms with Gasteiger partial charge in [0.05, 0.1) is 5.69 Å². The molecule has 160 valence electrons. The highest BCUT2D eigenvalue weighted by atomic mass is 35.5. The summed E-state index contributed by atoms with van der Waals surface area (Å²) in [5.41, 5.74) is 3.32. The van der Waals surface area contributed by atoms with Crippen LogP contribution in [0.2, 0.25) is 0 Å². The van der Waals surface area contributed by atoms with Gasteiger partial charge < -0.3 is 10.6 Å². The molecule has 0 saturated heterocycles. The largest absolute Gasteiger partial charge is 0.350 e. The molecule has 6 nitrogen and oxygen atoms in total. The van der Waals surface area contributed by atoms with Crippen LogP contribution in [0.15, 0.2) is 89.6 Å². The molecule has 3 aromatic carbocycles. The molecule has 7 heteroatoms. The first-order chi connectivity index (χ1) is 15.5. The van der Waals surface area contributed by atoms with Crippen molar-refractivity contribution in [3.63, 3.8) is 0 Å². The fourth-order valence-electron chi connectivity index (χ4n) is 3.30. The van der Waals surface area contributed by atoms with Crippen molar-refractivity contribution in [2.45, 2.75) is 13.3 Å². The number of hydrogen-bond donors (Lipinski definition) is 2. The number of halogens is 1. The second-order valence-corrected chi connectivity index (χ2v) is 7.56. The highest BCUT2D eigenvalue weighted by molar-refractivity contribution is 6.53. The van der Waals surface area contributed by atoms with E-state index in [1.54, 1.807) is 54.6 Å². The number of imide groups is 1. The molecular weight excluding hydrogens is 426 g/mol. The maximum Gasteiger partial charge on any atom is 0.283 e. The van der Waals surface area contributed by atoms with Crippen LogP contribution >= 0.6 is 11.6 Å². The second-order valence-electron chi connectivity index (χ2n) is 7.18. The summed E-state index contributed by atoms with van der Waals surface area (Å²) in [5, 5.41) is 5.57. The van der Waals surface area contributed by atoms with Gasteiger partial charge in [0.1, 0.15) is 10.7 Å². The lowest BCUT2D eigenvalue weighted by molar-refractivity contribution is -0.120. The number of rotatable bonds is 6. The van der Waals surface area contributed by atoms with Gasteiger partial charge in [-0.2, -0.15) is 0 Å². The SMILES string of the molecule is CCc1ccc(NC(=O)c2ccc(NC3=C(Cl)C(=O)N(c4ccccc4)C3=O)cc2)cc1. The minimum absolute atomic E-state index is 0.00580. The average Bonchev–Trinajstić information content (AvgIpc) is 3.03. The van der Waals surface area contributed by atoms with Crippen molar-refractivity contribution in [2.24, 2.45) is 0 Å². The van der Waals surface area contributed by atoms with Gasteiger partial charge in [0.15, 0.2) is 0 Å². The monoisotopic (exact) mass is 445 g/mol. The number of hydrogen-bond acceptors (Lipinski definition) is 4. The summed E-state index contributed by atoms with van der Waals surface area (Å²) in [6, 6.07) is 22.8. The van der Waals surface area contributed by atoms with Gasteiger partial charge >= 0.3 is 0 Å². The lowest BCUT2D eigenvalue weighted by Crippen LogP contribution is -2.32. The Morgan fingerprint density at radius 2 is 1.47 bits per heavy atom. The number of para-hydroxylation sites is 1. The molecule has 3 amide bonds. The number of carbonyl (C=O) groups excluding carboxylic acids is 3. The van der Waals surface area contributed by atoms with Crippen LogP contribution in [0.3, 0.4) is 0 Å². The number of benzene rings is 3. The van der Waals surface area contributed by atoms with Crippen LogP contribution in [0.4, 0.5) is 17.1 Å². The number of amides is 3. The van der Waals surface area contributed by atoms with E-state index in [1.807, 2.05) is 24.3 Å². The molecule has 1 heterocycles. The zero-order valence-electron chi connectivity index (χ0n) is 17.3. The number of nitrogens with one attached hydrogen (secondary N) is 2. The van der Waals surface area contributed by atoms with Crippen molar-refractivity contribution < 1.29 is 14.4 Å². The predicted molar refractivity (Wildman–Crippen MR) is 126 cm³/mol. The Balaban J connectivity index is 1.45. The molecule has 0 unspecified atom stereocenters. The van der Waals surface area contributed by atoms with Gasteiger partial charge in [-0.3, -0.25) is 14.4 Å². The number of carbonyl (C=O) groups is 3. The van der Waals surface area contributed by atoms with Crippen LogP contribution < -0.4 is 15.5 Å². The summed E-state index contributed by atoms with van der Waals surface area (Å²) < 4.78 is 0. The first-order valence-electron chi connectivity index (χ1n) is 10.1. The number of anilines is 3. The van der Waals surface area contributed by atoms with Crippen LogP contribution in [0, 0.1) is 0 Å². The predicted octanol–water partition coefficient (Wildman–Crippen LogP) is 4.94. The van der Waals surface area contributed by atoms with Gasteiger partial charge in [-0.05, 0) is 60.5 Å². The smallest absolute Gasteiger partial charge is 0.283 e. The third kappa shape index (κ3) is 4.26. The van der Waals surface area contributed by atoms with Crippen LogP contribution in [0.5, 0.6) is 0 Å².